The summed E-state index contributed by atoms with van der Waals surface area (Å²) in [6.45, 7) is 7.58. The maximum atomic E-state index is 12.3. The van der Waals surface area contributed by atoms with Crippen molar-refractivity contribution in [2.45, 2.75) is 51.5 Å². The first-order valence-corrected chi connectivity index (χ1v) is 10.2. The molecule has 0 atom stereocenters. The molecule has 21 heavy (non-hydrogen) atoms. The zero-order chi connectivity index (χ0) is 15.1. The minimum absolute atomic E-state index is 0.286. The topological polar surface area (TPSA) is 52.7 Å². The monoisotopic (exact) mass is 317 g/mol. The minimum atomic E-state index is -3.04. The molecule has 0 unspecified atom stereocenters. The predicted octanol–water partition coefficient (Wildman–Crippen LogP) is 1.27. The molecule has 2 fully saturated rings. The molecule has 0 aromatic carbocycles. The molecule has 0 spiro atoms. The van der Waals surface area contributed by atoms with Gasteiger partial charge in [-0.25, -0.2) is 12.7 Å². The van der Waals surface area contributed by atoms with Crippen LogP contribution < -0.4 is 5.32 Å². The number of sulfonamides is 1. The minimum Gasteiger partial charge on any atom is -0.317 e. The molecule has 6 heteroatoms. The molecule has 2 aliphatic rings. The number of likely N-dealkylation sites (tertiary alicyclic amines) is 1. The second-order valence-electron chi connectivity index (χ2n) is 6.25. The molecule has 5 nitrogen and oxygen atoms in total. The fraction of sp³-hybridized carbons (Fsp3) is 1.00. The summed E-state index contributed by atoms with van der Waals surface area (Å²) in [5, 5.41) is 3.18. The first kappa shape index (κ1) is 17.2. The molecule has 2 rings (SSSR count). The zero-order valence-electron chi connectivity index (χ0n) is 13.4. The lowest BCUT2D eigenvalue weighted by atomic mass is 10.0. The first-order valence-electron chi connectivity index (χ1n) is 8.56. The largest absolute Gasteiger partial charge is 0.317 e. The van der Waals surface area contributed by atoms with Crippen LogP contribution in [0.1, 0.15) is 45.4 Å². The molecular formula is C15H31N3O2S. The van der Waals surface area contributed by atoms with Crippen LogP contribution in [0.15, 0.2) is 0 Å². The van der Waals surface area contributed by atoms with Gasteiger partial charge in [0.15, 0.2) is 0 Å². The van der Waals surface area contributed by atoms with Crippen LogP contribution in [0.4, 0.5) is 0 Å². The summed E-state index contributed by atoms with van der Waals surface area (Å²) in [6.07, 6.45) is 6.70. The summed E-state index contributed by atoms with van der Waals surface area (Å²) >= 11 is 0. The Hall–Kier alpha value is -0.170. The maximum absolute atomic E-state index is 12.3. The average Bonchev–Trinajstić information content (AvgIpc) is 2.53. The van der Waals surface area contributed by atoms with Gasteiger partial charge in [-0.2, -0.15) is 0 Å². The summed E-state index contributed by atoms with van der Waals surface area (Å²) in [5.41, 5.74) is 0. The average molecular weight is 317 g/mol. The summed E-state index contributed by atoms with van der Waals surface area (Å²) < 4.78 is 26.4. The van der Waals surface area contributed by atoms with Crippen LogP contribution in [-0.2, 0) is 10.0 Å². The quantitative estimate of drug-likeness (QED) is 0.719. The SMILES string of the molecule is CCNCCCS(=O)(=O)N1CCC(N2CCCCC2)CC1. The second kappa shape index (κ2) is 8.46. The van der Waals surface area contributed by atoms with E-state index >= 15 is 0 Å². The van der Waals surface area contributed by atoms with E-state index in [0.717, 1.165) is 25.9 Å². The molecule has 2 aliphatic heterocycles. The van der Waals surface area contributed by atoms with Gasteiger partial charge in [-0.15, -0.1) is 0 Å². The Morgan fingerprint density at radius 1 is 1.05 bits per heavy atom. The molecular weight excluding hydrogens is 286 g/mol. The summed E-state index contributed by atoms with van der Waals surface area (Å²) in [6, 6.07) is 0.610. The molecule has 1 N–H and O–H groups in total. The predicted molar refractivity (Wildman–Crippen MR) is 87.0 cm³/mol. The van der Waals surface area contributed by atoms with Gasteiger partial charge in [0.25, 0.3) is 0 Å². The van der Waals surface area contributed by atoms with Crippen molar-refractivity contribution < 1.29 is 8.42 Å². The molecule has 124 valence electrons. The Balaban J connectivity index is 1.74. The molecule has 0 bridgehead atoms. The van der Waals surface area contributed by atoms with Gasteiger partial charge in [0.2, 0.25) is 10.0 Å². The van der Waals surface area contributed by atoms with E-state index in [9.17, 15) is 8.42 Å². The van der Waals surface area contributed by atoms with Crippen LogP contribution in [0.2, 0.25) is 0 Å². The van der Waals surface area contributed by atoms with E-state index in [1.807, 2.05) is 6.92 Å². The number of piperidine rings is 2. The van der Waals surface area contributed by atoms with E-state index < -0.39 is 10.0 Å². The van der Waals surface area contributed by atoms with Crippen molar-refractivity contribution in [3.63, 3.8) is 0 Å². The van der Waals surface area contributed by atoms with Crippen LogP contribution in [0.3, 0.4) is 0 Å². The van der Waals surface area contributed by atoms with Crippen molar-refractivity contribution in [2.75, 3.05) is 45.0 Å². The van der Waals surface area contributed by atoms with Crippen molar-refractivity contribution in [3.05, 3.63) is 0 Å². The molecule has 0 saturated carbocycles. The highest BCUT2D eigenvalue weighted by Gasteiger charge is 2.30. The Bertz CT molecular complexity index is 386. The normalized spacial score (nSPS) is 23.5. The van der Waals surface area contributed by atoms with E-state index in [-0.39, 0.29) is 5.75 Å². The summed E-state index contributed by atoms with van der Waals surface area (Å²) in [5.74, 6) is 0.286. The maximum Gasteiger partial charge on any atom is 0.214 e. The lowest BCUT2D eigenvalue weighted by Crippen LogP contribution is -2.48. The third kappa shape index (κ3) is 5.20. The Kier molecular flexibility index (Phi) is 6.92. The van der Waals surface area contributed by atoms with Crippen LogP contribution in [0, 0.1) is 0 Å². The van der Waals surface area contributed by atoms with Gasteiger partial charge in [0.05, 0.1) is 5.75 Å². The van der Waals surface area contributed by atoms with Crippen LogP contribution in [-0.4, -0.2) is 68.7 Å². The van der Waals surface area contributed by atoms with E-state index in [1.54, 1.807) is 4.31 Å². The van der Waals surface area contributed by atoms with Gasteiger partial charge < -0.3 is 10.2 Å². The van der Waals surface area contributed by atoms with Gasteiger partial charge in [-0.3, -0.25) is 0 Å². The Morgan fingerprint density at radius 3 is 2.33 bits per heavy atom. The van der Waals surface area contributed by atoms with Gasteiger partial charge in [0, 0.05) is 19.1 Å². The number of hydrogen-bond acceptors (Lipinski definition) is 4. The van der Waals surface area contributed by atoms with E-state index in [0.29, 0.717) is 25.6 Å². The van der Waals surface area contributed by atoms with Crippen LogP contribution in [0.5, 0.6) is 0 Å². The number of nitrogens with zero attached hydrogens (tertiary/aromatic N) is 2. The molecule has 2 heterocycles. The Labute approximate surface area is 130 Å². The highest BCUT2D eigenvalue weighted by molar-refractivity contribution is 7.89. The van der Waals surface area contributed by atoms with Crippen LogP contribution >= 0.6 is 0 Å². The van der Waals surface area contributed by atoms with E-state index in [4.69, 9.17) is 0 Å². The fourth-order valence-corrected chi connectivity index (χ4v) is 4.99. The molecule has 2 saturated heterocycles. The first-order chi connectivity index (χ1) is 10.1. The molecule has 0 aromatic heterocycles. The number of rotatable bonds is 7. The molecule has 0 aliphatic carbocycles. The smallest absolute Gasteiger partial charge is 0.214 e. The third-order valence-electron chi connectivity index (χ3n) is 4.73. The summed E-state index contributed by atoms with van der Waals surface area (Å²) in [7, 11) is -3.04. The number of hydrogen-bond donors (Lipinski definition) is 1. The van der Waals surface area contributed by atoms with Crippen molar-refractivity contribution in [1.82, 2.24) is 14.5 Å². The Morgan fingerprint density at radius 2 is 1.71 bits per heavy atom. The summed E-state index contributed by atoms with van der Waals surface area (Å²) in [4.78, 5) is 2.58. The van der Waals surface area contributed by atoms with E-state index in [2.05, 4.69) is 10.2 Å². The van der Waals surface area contributed by atoms with E-state index in [1.165, 1.54) is 32.4 Å². The standard InChI is InChI=1S/C15H31N3O2S/c1-2-16-9-6-14-21(19,20)18-12-7-15(8-13-18)17-10-4-3-5-11-17/h15-16H,2-14H2,1H3. The second-order valence-corrected chi connectivity index (χ2v) is 8.34. The van der Waals surface area contributed by atoms with Crippen molar-refractivity contribution in [1.29, 1.82) is 0 Å². The van der Waals surface area contributed by atoms with Gasteiger partial charge >= 0.3 is 0 Å². The lowest BCUT2D eigenvalue weighted by Gasteiger charge is -2.39. The fourth-order valence-electron chi connectivity index (χ4n) is 3.45. The van der Waals surface area contributed by atoms with Gasteiger partial charge in [-0.1, -0.05) is 13.3 Å². The van der Waals surface area contributed by atoms with Crippen molar-refractivity contribution in [2.24, 2.45) is 0 Å². The third-order valence-corrected chi connectivity index (χ3v) is 6.69. The lowest BCUT2D eigenvalue weighted by molar-refractivity contribution is 0.118. The number of nitrogens with one attached hydrogen (secondary N) is 1. The highest BCUT2D eigenvalue weighted by atomic mass is 32.2. The van der Waals surface area contributed by atoms with Crippen molar-refractivity contribution in [3.8, 4) is 0 Å². The van der Waals surface area contributed by atoms with Crippen molar-refractivity contribution >= 4 is 10.0 Å². The molecule has 0 radical (unpaired) electrons. The van der Waals surface area contributed by atoms with Gasteiger partial charge in [0.1, 0.15) is 0 Å². The van der Waals surface area contributed by atoms with Crippen LogP contribution in [0.25, 0.3) is 0 Å². The molecule has 0 aromatic rings. The molecule has 0 amide bonds. The highest BCUT2D eigenvalue weighted by Crippen LogP contribution is 2.22. The van der Waals surface area contributed by atoms with Gasteiger partial charge in [-0.05, 0) is 58.3 Å². The zero-order valence-corrected chi connectivity index (χ0v) is 14.2.